The third-order valence-electron chi connectivity index (χ3n) is 5.07. The lowest BCUT2D eigenvalue weighted by Crippen LogP contribution is -2.52. The fraction of sp³-hybridized carbons (Fsp3) is 0.579. The van der Waals surface area contributed by atoms with E-state index in [-0.39, 0.29) is 11.9 Å². The van der Waals surface area contributed by atoms with Gasteiger partial charge >= 0.3 is 6.03 Å². The molecule has 2 aliphatic heterocycles. The van der Waals surface area contributed by atoms with Crippen molar-refractivity contribution in [2.75, 3.05) is 51.1 Å². The summed E-state index contributed by atoms with van der Waals surface area (Å²) in [7, 11) is 0. The molecule has 0 bridgehead atoms. The van der Waals surface area contributed by atoms with Gasteiger partial charge in [-0.25, -0.2) is 4.79 Å². The van der Waals surface area contributed by atoms with Crippen LogP contribution in [0.3, 0.4) is 0 Å². The molecule has 0 radical (unpaired) electrons. The van der Waals surface area contributed by atoms with Crippen LogP contribution in [0.5, 0.6) is 0 Å². The minimum absolute atomic E-state index is 0.106. The highest BCUT2D eigenvalue weighted by atomic mass is 35.5. The molecule has 2 saturated heterocycles. The van der Waals surface area contributed by atoms with Crippen LogP contribution in [0.25, 0.3) is 0 Å². The summed E-state index contributed by atoms with van der Waals surface area (Å²) in [4.78, 5) is 30.8. The van der Waals surface area contributed by atoms with E-state index in [1.165, 1.54) is 12.8 Å². The van der Waals surface area contributed by atoms with Crippen LogP contribution >= 0.6 is 11.6 Å². The van der Waals surface area contributed by atoms with E-state index in [2.05, 4.69) is 10.2 Å². The third kappa shape index (κ3) is 5.35. The molecule has 1 aromatic carbocycles. The van der Waals surface area contributed by atoms with Crippen LogP contribution < -0.4 is 5.32 Å². The fourth-order valence-electron chi connectivity index (χ4n) is 3.46. The van der Waals surface area contributed by atoms with Crippen molar-refractivity contribution < 1.29 is 9.59 Å². The first kappa shape index (κ1) is 19.0. The van der Waals surface area contributed by atoms with Crippen LogP contribution in [0.15, 0.2) is 24.3 Å². The summed E-state index contributed by atoms with van der Waals surface area (Å²) in [6.45, 7) is 4.97. The van der Waals surface area contributed by atoms with Crippen LogP contribution in [0.2, 0.25) is 5.02 Å². The zero-order valence-corrected chi connectivity index (χ0v) is 15.9. The summed E-state index contributed by atoms with van der Waals surface area (Å²) < 4.78 is 0. The number of nitrogens with one attached hydrogen (secondary N) is 1. The van der Waals surface area contributed by atoms with Crippen molar-refractivity contribution in [3.05, 3.63) is 29.3 Å². The van der Waals surface area contributed by atoms with Crippen molar-refractivity contribution in [2.45, 2.75) is 25.7 Å². The van der Waals surface area contributed by atoms with Crippen molar-refractivity contribution in [1.29, 1.82) is 0 Å². The first-order valence-corrected chi connectivity index (χ1v) is 9.81. The number of hydrogen-bond donors (Lipinski definition) is 1. The molecule has 6 nitrogen and oxygen atoms in total. The number of rotatable bonds is 3. The zero-order chi connectivity index (χ0) is 18.4. The molecule has 1 aromatic rings. The molecule has 0 spiro atoms. The Hall–Kier alpha value is -1.79. The number of hydrogen-bond acceptors (Lipinski definition) is 3. The number of benzene rings is 1. The summed E-state index contributed by atoms with van der Waals surface area (Å²) in [5.74, 6) is 0.228. The number of carbonyl (C=O) groups is 2. The Bertz CT molecular complexity index is 606. The lowest BCUT2D eigenvalue weighted by Gasteiger charge is -2.35. The second kappa shape index (κ2) is 9.24. The molecule has 7 heteroatoms. The van der Waals surface area contributed by atoms with E-state index in [0.717, 1.165) is 44.7 Å². The SMILES string of the molecule is O=C(CN1CCN(C(=O)Nc2ccc(Cl)cc2)CC1)N1CCCCCC1. The van der Waals surface area contributed by atoms with Crippen LogP contribution in [0.1, 0.15) is 25.7 Å². The van der Waals surface area contributed by atoms with Gasteiger partial charge in [-0.1, -0.05) is 24.4 Å². The highest BCUT2D eigenvalue weighted by Gasteiger charge is 2.24. The Morgan fingerprint density at radius 1 is 0.846 bits per heavy atom. The summed E-state index contributed by atoms with van der Waals surface area (Å²) in [6.07, 6.45) is 4.69. The second-order valence-corrected chi connectivity index (χ2v) is 7.43. The highest BCUT2D eigenvalue weighted by Crippen LogP contribution is 2.15. The second-order valence-electron chi connectivity index (χ2n) is 7.00. The van der Waals surface area contributed by atoms with E-state index in [1.54, 1.807) is 29.2 Å². The van der Waals surface area contributed by atoms with Crippen molar-refractivity contribution in [3.8, 4) is 0 Å². The largest absolute Gasteiger partial charge is 0.342 e. The van der Waals surface area contributed by atoms with Gasteiger partial charge < -0.3 is 15.1 Å². The van der Waals surface area contributed by atoms with Gasteiger partial charge in [0.2, 0.25) is 5.91 Å². The Balaban J connectivity index is 1.42. The number of urea groups is 1. The van der Waals surface area contributed by atoms with Crippen LogP contribution in [-0.4, -0.2) is 72.5 Å². The summed E-state index contributed by atoms with van der Waals surface area (Å²) in [6, 6.07) is 6.98. The molecular weight excluding hydrogens is 352 g/mol. The average molecular weight is 379 g/mol. The number of halogens is 1. The number of amides is 3. The molecule has 26 heavy (non-hydrogen) atoms. The minimum atomic E-state index is -0.106. The van der Waals surface area contributed by atoms with Crippen molar-refractivity contribution in [1.82, 2.24) is 14.7 Å². The molecule has 0 aliphatic carbocycles. The molecule has 0 unspecified atom stereocenters. The van der Waals surface area contributed by atoms with E-state index in [0.29, 0.717) is 24.7 Å². The molecule has 3 rings (SSSR count). The third-order valence-corrected chi connectivity index (χ3v) is 5.32. The number of anilines is 1. The maximum absolute atomic E-state index is 12.5. The van der Waals surface area contributed by atoms with Gasteiger partial charge in [-0.2, -0.15) is 0 Å². The predicted molar refractivity (Wildman–Crippen MR) is 104 cm³/mol. The number of likely N-dealkylation sites (tertiary alicyclic amines) is 1. The lowest BCUT2D eigenvalue weighted by atomic mass is 10.2. The first-order valence-electron chi connectivity index (χ1n) is 9.43. The number of carbonyl (C=O) groups excluding carboxylic acids is 2. The molecular formula is C19H27ClN4O2. The van der Waals surface area contributed by atoms with Crippen LogP contribution in [0.4, 0.5) is 10.5 Å². The van der Waals surface area contributed by atoms with E-state index in [9.17, 15) is 9.59 Å². The Kier molecular flexibility index (Phi) is 6.74. The van der Waals surface area contributed by atoms with Crippen LogP contribution in [-0.2, 0) is 4.79 Å². The smallest absolute Gasteiger partial charge is 0.321 e. The Morgan fingerprint density at radius 2 is 1.46 bits per heavy atom. The van der Waals surface area contributed by atoms with Gasteiger partial charge in [-0.3, -0.25) is 9.69 Å². The number of piperazine rings is 1. The fourth-order valence-corrected chi connectivity index (χ4v) is 3.58. The summed E-state index contributed by atoms with van der Waals surface area (Å²) in [5, 5.41) is 3.53. The molecule has 2 fully saturated rings. The maximum Gasteiger partial charge on any atom is 0.321 e. The monoisotopic (exact) mass is 378 g/mol. The Morgan fingerprint density at radius 3 is 2.08 bits per heavy atom. The van der Waals surface area contributed by atoms with Gasteiger partial charge in [0.25, 0.3) is 0 Å². The Labute approximate surface area is 160 Å². The molecule has 1 N–H and O–H groups in total. The lowest BCUT2D eigenvalue weighted by molar-refractivity contribution is -0.132. The average Bonchev–Trinajstić information content (AvgIpc) is 2.94. The normalized spacial score (nSPS) is 19.1. The number of nitrogens with zero attached hydrogens (tertiary/aromatic N) is 3. The first-order chi connectivity index (χ1) is 12.6. The van der Waals surface area contributed by atoms with Crippen LogP contribution in [0, 0.1) is 0 Å². The van der Waals surface area contributed by atoms with Gasteiger partial charge in [-0.15, -0.1) is 0 Å². The van der Waals surface area contributed by atoms with Crippen molar-refractivity contribution in [2.24, 2.45) is 0 Å². The van der Waals surface area contributed by atoms with Gasteiger partial charge in [0, 0.05) is 50.0 Å². The van der Waals surface area contributed by atoms with Gasteiger partial charge in [-0.05, 0) is 37.1 Å². The van der Waals surface area contributed by atoms with Crippen molar-refractivity contribution >= 4 is 29.2 Å². The van der Waals surface area contributed by atoms with E-state index in [4.69, 9.17) is 11.6 Å². The molecule has 2 heterocycles. The van der Waals surface area contributed by atoms with Gasteiger partial charge in [0.05, 0.1) is 6.54 Å². The van der Waals surface area contributed by atoms with E-state index in [1.807, 2.05) is 4.90 Å². The van der Waals surface area contributed by atoms with E-state index >= 15 is 0 Å². The topological polar surface area (TPSA) is 55.9 Å². The standard InChI is InChI=1S/C19H27ClN4O2/c20-16-5-7-17(8-6-16)21-19(26)24-13-11-22(12-14-24)15-18(25)23-9-3-1-2-4-10-23/h5-8H,1-4,9-15H2,(H,21,26). The molecule has 2 aliphatic rings. The van der Waals surface area contributed by atoms with Gasteiger partial charge in [0.15, 0.2) is 0 Å². The minimum Gasteiger partial charge on any atom is -0.342 e. The summed E-state index contributed by atoms with van der Waals surface area (Å²) in [5.41, 5.74) is 0.734. The predicted octanol–water partition coefficient (Wildman–Crippen LogP) is 2.89. The quantitative estimate of drug-likeness (QED) is 0.879. The molecule has 0 saturated carbocycles. The van der Waals surface area contributed by atoms with Crippen molar-refractivity contribution in [3.63, 3.8) is 0 Å². The van der Waals surface area contributed by atoms with Gasteiger partial charge in [0.1, 0.15) is 0 Å². The highest BCUT2D eigenvalue weighted by molar-refractivity contribution is 6.30. The summed E-state index contributed by atoms with van der Waals surface area (Å²) >= 11 is 5.86. The molecule has 142 valence electrons. The maximum atomic E-state index is 12.5. The molecule has 3 amide bonds. The zero-order valence-electron chi connectivity index (χ0n) is 15.1. The van der Waals surface area contributed by atoms with E-state index < -0.39 is 0 Å². The molecule has 0 aromatic heterocycles. The molecule has 0 atom stereocenters.